The summed E-state index contributed by atoms with van der Waals surface area (Å²) in [5.74, 6) is 0.0599. The lowest BCUT2D eigenvalue weighted by atomic mass is 10.3. The highest BCUT2D eigenvalue weighted by Gasteiger charge is 2.09. The second-order valence-electron chi connectivity index (χ2n) is 6.26. The highest BCUT2D eigenvalue weighted by Crippen LogP contribution is 2.20. The van der Waals surface area contributed by atoms with Gasteiger partial charge in [0.05, 0.1) is 18.5 Å². The number of esters is 1. The Kier molecular flexibility index (Phi) is 7.70. The minimum absolute atomic E-state index is 0.305. The van der Waals surface area contributed by atoms with Crippen LogP contribution in [0.5, 0.6) is 11.5 Å². The van der Waals surface area contributed by atoms with Crippen molar-refractivity contribution in [3.8, 4) is 11.5 Å². The molecule has 0 atom stereocenters. The Hall–Kier alpha value is -4.20. The van der Waals surface area contributed by atoms with Crippen LogP contribution in [-0.2, 0) is 14.3 Å². The molecule has 8 nitrogen and oxygen atoms in total. The molecule has 0 radical (unpaired) electrons. The molecule has 0 aliphatic rings. The van der Waals surface area contributed by atoms with E-state index in [0.29, 0.717) is 22.9 Å². The van der Waals surface area contributed by atoms with Crippen LogP contribution in [0.4, 0.5) is 17.1 Å². The smallest absolute Gasteiger partial charge is 0.344 e. The highest BCUT2D eigenvalue weighted by atomic mass is 16.6. The van der Waals surface area contributed by atoms with E-state index in [-0.39, 0.29) is 6.61 Å². The molecule has 0 saturated carbocycles. The molecular formula is C23H21N3O5. The third-order valence-electron chi connectivity index (χ3n) is 3.97. The maximum atomic E-state index is 12.0. The quantitative estimate of drug-likeness (QED) is 0.401. The normalized spacial score (nSPS) is 10.5. The van der Waals surface area contributed by atoms with Gasteiger partial charge in [-0.2, -0.15) is 10.2 Å². The van der Waals surface area contributed by atoms with E-state index < -0.39 is 18.5 Å². The number of nitrogens with one attached hydrogen (secondary N) is 1. The van der Waals surface area contributed by atoms with Crippen LogP contribution in [0.3, 0.4) is 0 Å². The van der Waals surface area contributed by atoms with Gasteiger partial charge in [0.2, 0.25) is 0 Å². The maximum absolute atomic E-state index is 12.0. The van der Waals surface area contributed by atoms with E-state index in [1.54, 1.807) is 55.6 Å². The third-order valence-corrected chi connectivity index (χ3v) is 3.97. The average Bonchev–Trinajstić information content (AvgIpc) is 2.82. The number of amides is 1. The van der Waals surface area contributed by atoms with E-state index in [2.05, 4.69) is 15.5 Å². The van der Waals surface area contributed by atoms with Crippen molar-refractivity contribution in [2.45, 2.75) is 0 Å². The van der Waals surface area contributed by atoms with Crippen LogP contribution in [0, 0.1) is 0 Å². The lowest BCUT2D eigenvalue weighted by Gasteiger charge is -2.08. The Morgan fingerprint density at radius 3 is 2.03 bits per heavy atom. The molecule has 0 fully saturated rings. The van der Waals surface area contributed by atoms with Crippen LogP contribution in [0.15, 0.2) is 89.1 Å². The molecule has 158 valence electrons. The number of nitrogens with zero attached hydrogens (tertiary/aromatic N) is 2. The van der Waals surface area contributed by atoms with Crippen LogP contribution in [-0.4, -0.2) is 32.2 Å². The Labute approximate surface area is 179 Å². The van der Waals surface area contributed by atoms with Crippen molar-refractivity contribution < 1.29 is 23.8 Å². The van der Waals surface area contributed by atoms with Gasteiger partial charge in [0.25, 0.3) is 5.91 Å². The predicted molar refractivity (Wildman–Crippen MR) is 115 cm³/mol. The fourth-order valence-electron chi connectivity index (χ4n) is 2.42. The monoisotopic (exact) mass is 419 g/mol. The van der Waals surface area contributed by atoms with Crippen molar-refractivity contribution in [3.63, 3.8) is 0 Å². The van der Waals surface area contributed by atoms with Crippen LogP contribution in [0.2, 0.25) is 0 Å². The first kappa shape index (κ1) is 21.5. The molecule has 0 aromatic heterocycles. The minimum atomic E-state index is -0.650. The number of hydrogen-bond acceptors (Lipinski definition) is 7. The number of azo groups is 1. The number of benzene rings is 3. The van der Waals surface area contributed by atoms with Gasteiger partial charge in [-0.25, -0.2) is 4.79 Å². The zero-order valence-electron chi connectivity index (χ0n) is 16.9. The first-order valence-corrected chi connectivity index (χ1v) is 9.41. The highest BCUT2D eigenvalue weighted by molar-refractivity contribution is 5.93. The van der Waals surface area contributed by atoms with E-state index in [0.717, 1.165) is 5.69 Å². The molecule has 0 unspecified atom stereocenters. The molecule has 0 aliphatic carbocycles. The fourth-order valence-corrected chi connectivity index (χ4v) is 2.42. The van der Waals surface area contributed by atoms with Crippen molar-refractivity contribution in [1.29, 1.82) is 0 Å². The molecule has 8 heteroatoms. The van der Waals surface area contributed by atoms with E-state index in [9.17, 15) is 9.59 Å². The molecule has 1 amide bonds. The standard InChI is InChI=1S/C23H21N3O5/c1-29-20-11-13-21(14-12-20)30-16-23(28)31-15-22(27)24-17-7-9-19(10-8-17)26-25-18-5-3-2-4-6-18/h2-14H,15-16H2,1H3,(H,24,27). The second kappa shape index (κ2) is 11.1. The maximum Gasteiger partial charge on any atom is 0.344 e. The molecule has 0 heterocycles. The largest absolute Gasteiger partial charge is 0.497 e. The fraction of sp³-hybridized carbons (Fsp3) is 0.130. The van der Waals surface area contributed by atoms with E-state index in [1.165, 1.54) is 0 Å². The molecule has 3 aromatic rings. The summed E-state index contributed by atoms with van der Waals surface area (Å²) in [5.41, 5.74) is 1.94. The molecule has 0 saturated heterocycles. The first-order chi connectivity index (χ1) is 15.1. The molecule has 3 aromatic carbocycles. The Morgan fingerprint density at radius 1 is 0.774 bits per heavy atom. The lowest BCUT2D eigenvalue weighted by Crippen LogP contribution is -2.23. The van der Waals surface area contributed by atoms with E-state index in [1.807, 2.05) is 30.3 Å². The summed E-state index contributed by atoms with van der Waals surface area (Å²) in [6.45, 7) is -0.721. The second-order valence-corrected chi connectivity index (χ2v) is 6.26. The SMILES string of the molecule is COc1ccc(OCC(=O)OCC(=O)Nc2ccc(N=Nc3ccccc3)cc2)cc1. The molecule has 0 spiro atoms. The molecule has 31 heavy (non-hydrogen) atoms. The molecule has 0 bridgehead atoms. The van der Waals surface area contributed by atoms with Gasteiger partial charge in [0.1, 0.15) is 11.5 Å². The third kappa shape index (κ3) is 7.28. The summed E-state index contributed by atoms with van der Waals surface area (Å²) in [7, 11) is 1.56. The number of methoxy groups -OCH3 is 1. The molecular weight excluding hydrogens is 398 g/mol. The molecule has 0 aliphatic heterocycles. The van der Waals surface area contributed by atoms with Gasteiger partial charge >= 0.3 is 5.97 Å². The molecule has 1 N–H and O–H groups in total. The Morgan fingerprint density at radius 2 is 1.39 bits per heavy atom. The van der Waals surface area contributed by atoms with Crippen molar-refractivity contribution in [2.75, 3.05) is 25.6 Å². The Balaban J connectivity index is 1.39. The van der Waals surface area contributed by atoms with Gasteiger partial charge in [0, 0.05) is 5.69 Å². The lowest BCUT2D eigenvalue weighted by molar-refractivity contribution is -0.149. The van der Waals surface area contributed by atoms with Crippen LogP contribution < -0.4 is 14.8 Å². The zero-order chi connectivity index (χ0) is 21.9. The molecule has 3 rings (SSSR count). The number of carbonyl (C=O) groups excluding carboxylic acids is 2. The van der Waals surface area contributed by atoms with Gasteiger partial charge in [-0.05, 0) is 60.7 Å². The summed E-state index contributed by atoms with van der Waals surface area (Å²) in [4.78, 5) is 23.7. The number of hydrogen-bond donors (Lipinski definition) is 1. The van der Waals surface area contributed by atoms with Crippen molar-refractivity contribution in [1.82, 2.24) is 0 Å². The van der Waals surface area contributed by atoms with E-state index >= 15 is 0 Å². The predicted octanol–water partition coefficient (Wildman–Crippen LogP) is 4.67. The number of ether oxygens (including phenoxy) is 3. The van der Waals surface area contributed by atoms with Gasteiger partial charge in [-0.1, -0.05) is 18.2 Å². The summed E-state index contributed by atoms with van der Waals surface area (Å²) in [6, 6.07) is 22.9. The first-order valence-electron chi connectivity index (χ1n) is 9.41. The summed E-state index contributed by atoms with van der Waals surface area (Å²) in [5, 5.41) is 10.9. The van der Waals surface area contributed by atoms with Gasteiger partial charge in [0.15, 0.2) is 13.2 Å². The van der Waals surface area contributed by atoms with Crippen LogP contribution >= 0.6 is 0 Å². The van der Waals surface area contributed by atoms with Gasteiger partial charge < -0.3 is 19.5 Å². The number of carbonyl (C=O) groups is 2. The summed E-state index contributed by atoms with van der Waals surface area (Å²) in [6.07, 6.45) is 0. The van der Waals surface area contributed by atoms with E-state index in [4.69, 9.17) is 14.2 Å². The average molecular weight is 419 g/mol. The topological polar surface area (TPSA) is 98.6 Å². The summed E-state index contributed by atoms with van der Waals surface area (Å²) >= 11 is 0. The summed E-state index contributed by atoms with van der Waals surface area (Å²) < 4.78 is 15.3. The van der Waals surface area contributed by atoms with Crippen LogP contribution in [0.1, 0.15) is 0 Å². The van der Waals surface area contributed by atoms with Gasteiger partial charge in [-0.3, -0.25) is 4.79 Å². The zero-order valence-corrected chi connectivity index (χ0v) is 16.9. The minimum Gasteiger partial charge on any atom is -0.497 e. The van der Waals surface area contributed by atoms with Crippen molar-refractivity contribution >= 4 is 28.9 Å². The van der Waals surface area contributed by atoms with Crippen LogP contribution in [0.25, 0.3) is 0 Å². The van der Waals surface area contributed by atoms with Crippen molar-refractivity contribution in [3.05, 3.63) is 78.9 Å². The number of rotatable bonds is 9. The van der Waals surface area contributed by atoms with Gasteiger partial charge in [-0.15, -0.1) is 0 Å². The Bertz CT molecular complexity index is 1020. The number of anilines is 1. The van der Waals surface area contributed by atoms with Crippen molar-refractivity contribution in [2.24, 2.45) is 10.2 Å².